The second-order valence-corrected chi connectivity index (χ2v) is 5.85. The van der Waals surface area contributed by atoms with Crippen LogP contribution in [0.1, 0.15) is 24.1 Å². The van der Waals surface area contributed by atoms with Crippen LogP contribution in [-0.2, 0) is 6.54 Å². The third-order valence-electron chi connectivity index (χ3n) is 3.71. The molecule has 0 saturated heterocycles. The molecule has 1 aliphatic rings. The van der Waals surface area contributed by atoms with Crippen molar-refractivity contribution in [2.24, 2.45) is 0 Å². The second-order valence-electron chi connectivity index (χ2n) is 5.44. The lowest BCUT2D eigenvalue weighted by Gasteiger charge is -2.22. The summed E-state index contributed by atoms with van der Waals surface area (Å²) in [4.78, 5) is 0. The minimum atomic E-state index is 0.0848. The number of hydrogen-bond donors (Lipinski definition) is 2. The first-order valence-electron chi connectivity index (χ1n) is 7.70. The molecule has 0 bridgehead atoms. The zero-order valence-corrected chi connectivity index (χ0v) is 13.9. The molecule has 0 radical (unpaired) electrons. The van der Waals surface area contributed by atoms with Gasteiger partial charge in [0.05, 0.1) is 6.04 Å². The van der Waals surface area contributed by atoms with Crippen molar-refractivity contribution in [2.75, 3.05) is 13.2 Å². The molecule has 2 aromatic carbocycles. The molecule has 1 atom stereocenters. The summed E-state index contributed by atoms with van der Waals surface area (Å²) in [6.07, 6.45) is 0. The van der Waals surface area contributed by atoms with E-state index in [4.69, 9.17) is 21.7 Å². The lowest BCUT2D eigenvalue weighted by atomic mass is 10.1. The van der Waals surface area contributed by atoms with E-state index in [0.717, 1.165) is 17.1 Å². The third-order valence-corrected chi connectivity index (χ3v) is 3.97. The number of ether oxygens (including phenoxy) is 2. The van der Waals surface area contributed by atoms with Crippen molar-refractivity contribution in [1.29, 1.82) is 0 Å². The average Bonchev–Trinajstić information content (AvgIpc) is 2.60. The van der Waals surface area contributed by atoms with E-state index in [1.165, 1.54) is 5.56 Å². The summed E-state index contributed by atoms with van der Waals surface area (Å²) < 4.78 is 11.2. The Labute approximate surface area is 141 Å². The lowest BCUT2D eigenvalue weighted by molar-refractivity contribution is 0.171. The monoisotopic (exact) mass is 328 g/mol. The Morgan fingerprint density at radius 3 is 2.61 bits per heavy atom. The molecule has 0 aliphatic carbocycles. The van der Waals surface area contributed by atoms with Gasteiger partial charge >= 0.3 is 0 Å². The average molecular weight is 328 g/mol. The molecule has 2 N–H and O–H groups in total. The van der Waals surface area contributed by atoms with Crippen molar-refractivity contribution >= 4 is 17.3 Å². The van der Waals surface area contributed by atoms with Crippen LogP contribution < -0.4 is 20.1 Å². The van der Waals surface area contributed by atoms with E-state index in [1.54, 1.807) is 0 Å². The van der Waals surface area contributed by atoms with E-state index in [9.17, 15) is 0 Å². The number of rotatable bonds is 4. The smallest absolute Gasteiger partial charge is 0.167 e. The quantitative estimate of drug-likeness (QED) is 0.844. The summed E-state index contributed by atoms with van der Waals surface area (Å²) in [6.45, 7) is 3.98. The maximum atomic E-state index is 5.62. The molecule has 3 rings (SSSR count). The molecule has 0 unspecified atom stereocenters. The van der Waals surface area contributed by atoms with Crippen LogP contribution in [0.15, 0.2) is 48.5 Å². The fourth-order valence-electron chi connectivity index (χ4n) is 2.44. The first-order valence-corrected chi connectivity index (χ1v) is 8.11. The number of hydrogen-bond acceptors (Lipinski definition) is 3. The molecule has 0 spiro atoms. The van der Waals surface area contributed by atoms with Gasteiger partial charge in [0.2, 0.25) is 0 Å². The fourth-order valence-corrected chi connectivity index (χ4v) is 2.69. The van der Waals surface area contributed by atoms with Gasteiger partial charge in [0.1, 0.15) is 13.2 Å². The van der Waals surface area contributed by atoms with Crippen molar-refractivity contribution in [1.82, 2.24) is 10.6 Å². The highest BCUT2D eigenvalue weighted by Crippen LogP contribution is 2.32. The minimum absolute atomic E-state index is 0.0848. The Morgan fingerprint density at radius 2 is 1.83 bits per heavy atom. The highest BCUT2D eigenvalue weighted by atomic mass is 32.1. The van der Waals surface area contributed by atoms with E-state index in [1.807, 2.05) is 36.4 Å². The van der Waals surface area contributed by atoms with E-state index in [-0.39, 0.29) is 6.04 Å². The first-order chi connectivity index (χ1) is 11.2. The van der Waals surface area contributed by atoms with Crippen LogP contribution in [0.3, 0.4) is 0 Å². The molecule has 0 fully saturated rings. The van der Waals surface area contributed by atoms with E-state index in [0.29, 0.717) is 24.9 Å². The van der Waals surface area contributed by atoms with E-state index in [2.05, 4.69) is 29.7 Å². The second kappa shape index (κ2) is 7.33. The maximum absolute atomic E-state index is 5.62. The van der Waals surface area contributed by atoms with Crippen molar-refractivity contribution in [3.63, 3.8) is 0 Å². The number of fused-ring (bicyclic) bond motifs is 1. The van der Waals surface area contributed by atoms with Crippen LogP contribution in [0.25, 0.3) is 0 Å². The molecular formula is C18H20N2O2S. The van der Waals surface area contributed by atoms with Gasteiger partial charge in [-0.25, -0.2) is 0 Å². The highest BCUT2D eigenvalue weighted by Gasteiger charge is 2.14. The van der Waals surface area contributed by atoms with Gasteiger partial charge in [0.15, 0.2) is 16.6 Å². The van der Waals surface area contributed by atoms with Crippen LogP contribution in [0.2, 0.25) is 0 Å². The molecule has 4 nitrogen and oxygen atoms in total. The lowest BCUT2D eigenvalue weighted by Crippen LogP contribution is -2.36. The number of nitrogens with one attached hydrogen (secondary N) is 2. The summed E-state index contributed by atoms with van der Waals surface area (Å²) in [7, 11) is 0. The molecule has 2 aromatic rings. The van der Waals surface area contributed by atoms with E-state index >= 15 is 0 Å². The largest absolute Gasteiger partial charge is 0.486 e. The first kappa shape index (κ1) is 15.6. The van der Waals surface area contributed by atoms with Crippen LogP contribution in [0.5, 0.6) is 11.5 Å². The molecule has 120 valence electrons. The molecule has 1 aliphatic heterocycles. The van der Waals surface area contributed by atoms with Crippen LogP contribution in [0, 0.1) is 0 Å². The molecular weight excluding hydrogens is 308 g/mol. The normalized spacial score (nSPS) is 14.0. The van der Waals surface area contributed by atoms with Gasteiger partial charge < -0.3 is 20.1 Å². The van der Waals surface area contributed by atoms with Crippen molar-refractivity contribution < 1.29 is 9.47 Å². The molecule has 5 heteroatoms. The standard InChI is InChI=1S/C18H20N2O2S/c1-13(15-7-8-16-17(11-15)22-10-9-21-16)20-18(23)19-12-14-5-3-2-4-6-14/h2-8,11,13H,9-10,12H2,1H3,(H2,19,20,23)/t13-/m0/s1. The van der Waals surface area contributed by atoms with Gasteiger partial charge in [-0.15, -0.1) is 0 Å². The van der Waals surface area contributed by atoms with Crippen LogP contribution in [-0.4, -0.2) is 18.3 Å². The van der Waals surface area contributed by atoms with Crippen molar-refractivity contribution in [2.45, 2.75) is 19.5 Å². The molecule has 0 aromatic heterocycles. The summed E-state index contributed by atoms with van der Waals surface area (Å²) in [5, 5.41) is 7.16. The van der Waals surface area contributed by atoms with E-state index < -0.39 is 0 Å². The number of benzene rings is 2. The van der Waals surface area contributed by atoms with Gasteiger partial charge in [0.25, 0.3) is 0 Å². The minimum Gasteiger partial charge on any atom is -0.486 e. The Balaban J connectivity index is 1.56. The van der Waals surface area contributed by atoms with Gasteiger partial charge in [-0.3, -0.25) is 0 Å². The highest BCUT2D eigenvalue weighted by molar-refractivity contribution is 7.80. The Kier molecular flexibility index (Phi) is 4.98. The molecule has 1 heterocycles. The third kappa shape index (κ3) is 4.13. The Hall–Kier alpha value is -2.27. The topological polar surface area (TPSA) is 42.5 Å². The zero-order chi connectivity index (χ0) is 16.1. The predicted molar refractivity (Wildman–Crippen MR) is 94.9 cm³/mol. The van der Waals surface area contributed by atoms with Crippen molar-refractivity contribution in [3.8, 4) is 11.5 Å². The zero-order valence-electron chi connectivity index (χ0n) is 13.0. The van der Waals surface area contributed by atoms with Gasteiger partial charge in [-0.2, -0.15) is 0 Å². The Bertz CT molecular complexity index is 676. The van der Waals surface area contributed by atoms with Gasteiger partial charge in [-0.05, 0) is 42.4 Å². The summed E-state index contributed by atoms with van der Waals surface area (Å²) in [5.41, 5.74) is 2.31. The van der Waals surface area contributed by atoms with Gasteiger partial charge in [0, 0.05) is 6.54 Å². The maximum Gasteiger partial charge on any atom is 0.167 e. The van der Waals surface area contributed by atoms with Crippen LogP contribution in [0.4, 0.5) is 0 Å². The fraction of sp³-hybridized carbons (Fsp3) is 0.278. The van der Waals surface area contributed by atoms with Crippen LogP contribution >= 0.6 is 12.2 Å². The summed E-state index contributed by atoms with van der Waals surface area (Å²) >= 11 is 5.37. The Morgan fingerprint density at radius 1 is 1.09 bits per heavy atom. The van der Waals surface area contributed by atoms with Gasteiger partial charge in [-0.1, -0.05) is 36.4 Å². The summed E-state index contributed by atoms with van der Waals surface area (Å²) in [6, 6.07) is 16.3. The van der Waals surface area contributed by atoms with Crippen molar-refractivity contribution in [3.05, 3.63) is 59.7 Å². The number of thiocarbonyl (C=S) groups is 1. The molecule has 0 saturated carbocycles. The molecule has 23 heavy (non-hydrogen) atoms. The predicted octanol–water partition coefficient (Wildman–Crippen LogP) is 3.18. The SMILES string of the molecule is C[C@H](NC(=S)NCc1ccccc1)c1ccc2c(c1)OCCO2. The molecule has 0 amide bonds. The summed E-state index contributed by atoms with van der Waals surface area (Å²) in [5.74, 6) is 1.60.